The number of carbonyl (C=O) groups is 1. The Hall–Kier alpha value is -1.98. The molecular formula is C17H19ClN4O. The Balaban J connectivity index is 1.91. The van der Waals surface area contributed by atoms with Crippen LogP contribution in [0.3, 0.4) is 0 Å². The summed E-state index contributed by atoms with van der Waals surface area (Å²) in [6, 6.07) is 9.35. The van der Waals surface area contributed by atoms with E-state index in [2.05, 4.69) is 22.2 Å². The Kier molecular flexibility index (Phi) is 4.59. The maximum atomic E-state index is 12.7. The van der Waals surface area contributed by atoms with Gasteiger partial charge in [0, 0.05) is 42.0 Å². The predicted molar refractivity (Wildman–Crippen MR) is 90.6 cm³/mol. The highest BCUT2D eigenvalue weighted by molar-refractivity contribution is 6.30. The van der Waals surface area contributed by atoms with Gasteiger partial charge in [0.05, 0.1) is 0 Å². The lowest BCUT2D eigenvalue weighted by Crippen LogP contribution is -2.51. The number of carbonyl (C=O) groups excluding carboxylic acids is 1. The molecule has 1 amide bonds. The zero-order chi connectivity index (χ0) is 16.4. The topological polar surface area (TPSA) is 58.1 Å². The largest absolute Gasteiger partial charge is 0.334 e. The van der Waals surface area contributed by atoms with Crippen LogP contribution < -0.4 is 5.32 Å². The molecule has 0 saturated carbocycles. The maximum Gasteiger partial charge on any atom is 0.272 e. The van der Waals surface area contributed by atoms with E-state index in [0.717, 1.165) is 17.8 Å². The first-order chi connectivity index (χ1) is 11.0. The maximum absolute atomic E-state index is 12.7. The third-order valence-electron chi connectivity index (χ3n) is 3.83. The van der Waals surface area contributed by atoms with Crippen molar-refractivity contribution in [2.75, 3.05) is 19.6 Å². The van der Waals surface area contributed by atoms with Gasteiger partial charge >= 0.3 is 0 Å². The smallest absolute Gasteiger partial charge is 0.272 e. The van der Waals surface area contributed by atoms with Gasteiger partial charge < -0.3 is 10.2 Å². The van der Waals surface area contributed by atoms with E-state index < -0.39 is 0 Å². The monoisotopic (exact) mass is 330 g/mol. The first-order valence-corrected chi connectivity index (χ1v) is 8.05. The number of aryl methyl sites for hydroxylation is 1. The quantitative estimate of drug-likeness (QED) is 0.919. The minimum atomic E-state index is -0.0425. The van der Waals surface area contributed by atoms with Crippen molar-refractivity contribution in [3.05, 3.63) is 46.7 Å². The van der Waals surface area contributed by atoms with Gasteiger partial charge in [-0.2, -0.15) is 0 Å². The van der Waals surface area contributed by atoms with E-state index in [9.17, 15) is 4.79 Å². The molecule has 1 aromatic carbocycles. The SMILES string of the molecule is Cc1cc(C(=O)N2CCN[C@H](C)C2)nc(-c2ccc(Cl)cc2)n1. The molecule has 1 N–H and O–H groups in total. The predicted octanol–water partition coefficient (Wildman–Crippen LogP) is 2.54. The Morgan fingerprint density at radius 2 is 2.04 bits per heavy atom. The van der Waals surface area contributed by atoms with Crippen molar-refractivity contribution >= 4 is 17.5 Å². The molecule has 1 aromatic heterocycles. The third kappa shape index (κ3) is 3.68. The van der Waals surface area contributed by atoms with Crippen molar-refractivity contribution in [2.24, 2.45) is 0 Å². The molecular weight excluding hydrogens is 312 g/mol. The molecule has 23 heavy (non-hydrogen) atoms. The van der Waals surface area contributed by atoms with Gasteiger partial charge in [0.25, 0.3) is 5.91 Å². The Labute approximate surface area is 140 Å². The summed E-state index contributed by atoms with van der Waals surface area (Å²) in [7, 11) is 0. The minimum Gasteiger partial charge on any atom is -0.334 e. The van der Waals surface area contributed by atoms with Crippen LogP contribution in [-0.2, 0) is 0 Å². The van der Waals surface area contributed by atoms with E-state index in [0.29, 0.717) is 35.7 Å². The molecule has 0 aliphatic carbocycles. The van der Waals surface area contributed by atoms with Crippen LogP contribution in [0, 0.1) is 6.92 Å². The van der Waals surface area contributed by atoms with E-state index in [1.165, 1.54) is 0 Å². The molecule has 0 unspecified atom stereocenters. The summed E-state index contributed by atoms with van der Waals surface area (Å²) in [4.78, 5) is 23.5. The van der Waals surface area contributed by atoms with Gasteiger partial charge in [-0.3, -0.25) is 4.79 Å². The number of aromatic nitrogens is 2. The highest BCUT2D eigenvalue weighted by Gasteiger charge is 2.23. The fourth-order valence-electron chi connectivity index (χ4n) is 2.68. The first-order valence-electron chi connectivity index (χ1n) is 7.67. The molecule has 3 rings (SSSR count). The minimum absolute atomic E-state index is 0.0425. The number of hydrogen-bond donors (Lipinski definition) is 1. The fraction of sp³-hybridized carbons (Fsp3) is 0.353. The summed E-state index contributed by atoms with van der Waals surface area (Å²) >= 11 is 5.92. The van der Waals surface area contributed by atoms with Crippen LogP contribution in [0.4, 0.5) is 0 Å². The molecule has 1 aliphatic heterocycles. The average molecular weight is 331 g/mol. The zero-order valence-corrected chi connectivity index (χ0v) is 14.0. The van der Waals surface area contributed by atoms with Gasteiger partial charge in [0.1, 0.15) is 5.69 Å². The summed E-state index contributed by atoms with van der Waals surface area (Å²) in [6.07, 6.45) is 0. The van der Waals surface area contributed by atoms with E-state index in [1.54, 1.807) is 18.2 Å². The van der Waals surface area contributed by atoms with Crippen LogP contribution in [0.15, 0.2) is 30.3 Å². The number of rotatable bonds is 2. The Bertz CT molecular complexity index is 717. The summed E-state index contributed by atoms with van der Waals surface area (Å²) in [6.45, 7) is 6.14. The number of halogens is 1. The second-order valence-electron chi connectivity index (χ2n) is 5.83. The molecule has 1 saturated heterocycles. The number of amides is 1. The molecule has 5 nitrogen and oxygen atoms in total. The molecule has 2 aromatic rings. The number of piperazine rings is 1. The number of benzene rings is 1. The van der Waals surface area contributed by atoms with Crippen molar-refractivity contribution in [1.29, 1.82) is 0 Å². The molecule has 1 aliphatic rings. The molecule has 0 spiro atoms. The first kappa shape index (κ1) is 15.9. The van der Waals surface area contributed by atoms with Gasteiger partial charge in [0.2, 0.25) is 0 Å². The fourth-order valence-corrected chi connectivity index (χ4v) is 2.81. The van der Waals surface area contributed by atoms with Crippen molar-refractivity contribution in [3.8, 4) is 11.4 Å². The van der Waals surface area contributed by atoms with Crippen molar-refractivity contribution < 1.29 is 4.79 Å². The summed E-state index contributed by atoms with van der Waals surface area (Å²) in [5.41, 5.74) is 2.06. The Morgan fingerprint density at radius 1 is 1.30 bits per heavy atom. The van der Waals surface area contributed by atoms with Gasteiger partial charge in [-0.25, -0.2) is 9.97 Å². The van der Waals surface area contributed by atoms with Crippen LogP contribution in [-0.4, -0.2) is 46.5 Å². The lowest BCUT2D eigenvalue weighted by Gasteiger charge is -2.31. The standard InChI is InChI=1S/C17H19ClN4O/c1-11-9-15(17(23)22-8-7-19-12(2)10-22)21-16(20-11)13-3-5-14(18)6-4-13/h3-6,9,12,19H,7-8,10H2,1-2H3/t12-/m1/s1. The average Bonchev–Trinajstić information content (AvgIpc) is 2.54. The second-order valence-corrected chi connectivity index (χ2v) is 6.27. The zero-order valence-electron chi connectivity index (χ0n) is 13.2. The summed E-state index contributed by atoms with van der Waals surface area (Å²) < 4.78 is 0. The van der Waals surface area contributed by atoms with Crippen LogP contribution in [0.1, 0.15) is 23.1 Å². The summed E-state index contributed by atoms with van der Waals surface area (Å²) in [5.74, 6) is 0.507. The van der Waals surface area contributed by atoms with Gasteiger partial charge in [-0.1, -0.05) is 11.6 Å². The second kappa shape index (κ2) is 6.64. The van der Waals surface area contributed by atoms with Gasteiger partial charge in [-0.15, -0.1) is 0 Å². The van der Waals surface area contributed by atoms with Gasteiger partial charge in [-0.05, 0) is 44.2 Å². The van der Waals surface area contributed by atoms with Crippen LogP contribution in [0.25, 0.3) is 11.4 Å². The van der Waals surface area contributed by atoms with Crippen LogP contribution in [0.2, 0.25) is 5.02 Å². The molecule has 0 radical (unpaired) electrons. The molecule has 1 fully saturated rings. The van der Waals surface area contributed by atoms with Crippen LogP contribution >= 0.6 is 11.6 Å². The molecule has 120 valence electrons. The third-order valence-corrected chi connectivity index (χ3v) is 4.08. The molecule has 0 bridgehead atoms. The molecule has 2 heterocycles. The van der Waals surface area contributed by atoms with Crippen LogP contribution in [0.5, 0.6) is 0 Å². The number of hydrogen-bond acceptors (Lipinski definition) is 4. The molecule has 1 atom stereocenters. The number of nitrogens with zero attached hydrogens (tertiary/aromatic N) is 3. The highest BCUT2D eigenvalue weighted by Crippen LogP contribution is 2.19. The lowest BCUT2D eigenvalue weighted by atomic mass is 10.2. The van der Waals surface area contributed by atoms with Crippen molar-refractivity contribution in [1.82, 2.24) is 20.2 Å². The van der Waals surface area contributed by atoms with Crippen molar-refractivity contribution in [3.63, 3.8) is 0 Å². The normalized spacial score (nSPS) is 18.0. The van der Waals surface area contributed by atoms with E-state index in [-0.39, 0.29) is 5.91 Å². The van der Waals surface area contributed by atoms with E-state index in [1.807, 2.05) is 24.0 Å². The Morgan fingerprint density at radius 3 is 2.74 bits per heavy atom. The molecule has 6 heteroatoms. The highest BCUT2D eigenvalue weighted by atomic mass is 35.5. The number of nitrogens with one attached hydrogen (secondary N) is 1. The van der Waals surface area contributed by atoms with Crippen molar-refractivity contribution in [2.45, 2.75) is 19.9 Å². The lowest BCUT2D eigenvalue weighted by molar-refractivity contribution is 0.0703. The summed E-state index contributed by atoms with van der Waals surface area (Å²) in [5, 5.41) is 3.99. The van der Waals surface area contributed by atoms with E-state index in [4.69, 9.17) is 11.6 Å². The van der Waals surface area contributed by atoms with Gasteiger partial charge in [0.15, 0.2) is 5.82 Å². The van der Waals surface area contributed by atoms with E-state index >= 15 is 0 Å².